The zero-order valence-corrected chi connectivity index (χ0v) is 37.6. The van der Waals surface area contributed by atoms with Crippen LogP contribution in [0.4, 0.5) is 34.1 Å². The molecule has 0 unspecified atom stereocenters. The molecule has 0 fully saturated rings. The van der Waals surface area contributed by atoms with Crippen molar-refractivity contribution < 1.29 is 4.42 Å². The molecule has 9 aromatic carbocycles. The summed E-state index contributed by atoms with van der Waals surface area (Å²) in [4.78, 5) is 4.90. The van der Waals surface area contributed by atoms with E-state index in [1.165, 1.54) is 71.4 Å². The van der Waals surface area contributed by atoms with Gasteiger partial charge in [0, 0.05) is 66.6 Å². The summed E-state index contributed by atoms with van der Waals surface area (Å²) >= 11 is 0. The first-order valence-electron chi connectivity index (χ1n) is 23.0. The molecule has 0 saturated heterocycles. The number of nitrogens with zero attached hydrogens (tertiary/aromatic N) is 3. The summed E-state index contributed by atoms with van der Waals surface area (Å²) in [5.74, 6) is 0. The van der Waals surface area contributed by atoms with Crippen molar-refractivity contribution in [2.75, 3.05) is 9.80 Å². The van der Waals surface area contributed by atoms with Crippen LogP contribution in [0.1, 0.15) is 52.7 Å². The van der Waals surface area contributed by atoms with Gasteiger partial charge in [0.25, 0.3) is 0 Å². The summed E-state index contributed by atoms with van der Waals surface area (Å²) < 4.78 is 9.65. The molecule has 2 aliphatic rings. The van der Waals surface area contributed by atoms with Crippen LogP contribution in [-0.4, -0.2) is 11.3 Å². The van der Waals surface area contributed by atoms with Gasteiger partial charge in [-0.2, -0.15) is 0 Å². The van der Waals surface area contributed by atoms with Crippen molar-refractivity contribution >= 4 is 106 Å². The lowest BCUT2D eigenvalue weighted by Crippen LogP contribution is -2.56. The summed E-state index contributed by atoms with van der Waals surface area (Å²) in [6, 6.07) is 67.5. The largest absolute Gasteiger partial charge is 0.454 e. The molecule has 13 rings (SSSR count). The molecule has 0 spiro atoms. The first-order valence-corrected chi connectivity index (χ1v) is 23.0. The molecule has 312 valence electrons. The summed E-state index contributed by atoms with van der Waals surface area (Å²) in [5.41, 5.74) is 18.7. The van der Waals surface area contributed by atoms with Crippen molar-refractivity contribution in [2.24, 2.45) is 0 Å². The molecule has 0 aliphatic carbocycles. The molecule has 5 heteroatoms. The van der Waals surface area contributed by atoms with Crippen LogP contribution in [0.5, 0.6) is 0 Å². The third-order valence-corrected chi connectivity index (χ3v) is 14.2. The lowest BCUT2D eigenvalue weighted by atomic mass is 9.44. The average molecular weight is 838 g/mol. The molecule has 4 heterocycles. The Morgan fingerprint density at radius 3 is 1.88 bits per heavy atom. The topological polar surface area (TPSA) is 24.6 Å². The van der Waals surface area contributed by atoms with E-state index in [-0.39, 0.29) is 17.7 Å². The Morgan fingerprint density at radius 1 is 0.477 bits per heavy atom. The highest BCUT2D eigenvalue weighted by Crippen LogP contribution is 2.51. The second kappa shape index (κ2) is 13.5. The highest BCUT2D eigenvalue weighted by molar-refractivity contribution is 6.90. The maximum atomic E-state index is 6.95. The van der Waals surface area contributed by atoms with Gasteiger partial charge in [0.2, 0.25) is 0 Å². The number of anilines is 6. The molecule has 4 nitrogen and oxygen atoms in total. The molecule has 0 radical (unpaired) electrons. The number of aromatic nitrogens is 1. The SMILES string of the molecule is CC(C)(C)c1ccc2c(c1)c1cc(C(C)(C)C)cc3c1n2B1c2ccc(N(c4ccccc4)c4ccccc4)cc2N(c2cccc4c2oc2ccccc24)c2cc4ccccc4c-3c21. The molecular weight excluding hydrogens is 789 g/mol. The lowest BCUT2D eigenvalue weighted by molar-refractivity contribution is 0.590. The van der Waals surface area contributed by atoms with Gasteiger partial charge in [-0.15, -0.1) is 0 Å². The number of para-hydroxylation sites is 4. The van der Waals surface area contributed by atoms with Gasteiger partial charge >= 0.3 is 6.85 Å². The molecule has 0 N–H and O–H groups in total. The Kier molecular flexibility index (Phi) is 7.90. The van der Waals surface area contributed by atoms with Gasteiger partial charge in [-0.25, -0.2) is 0 Å². The Bertz CT molecular complexity index is 3720. The lowest BCUT2D eigenvalue weighted by Gasteiger charge is -2.41. The Morgan fingerprint density at radius 2 is 1.14 bits per heavy atom. The second-order valence-corrected chi connectivity index (χ2v) is 20.2. The van der Waals surface area contributed by atoms with Gasteiger partial charge in [-0.05, 0) is 128 Å². The van der Waals surface area contributed by atoms with E-state index in [4.69, 9.17) is 4.42 Å². The minimum atomic E-state index is -0.116. The standard InChI is InChI=1S/C60H48BN3O/c1-59(2,3)38-28-31-50-46(33-38)47-34-39(60(4,5)6)35-48-55-43-23-14-13-18-37(43)32-53-56(55)61(64(50)57(47)48)49-30-29-42(62(40-19-9-7-10-20-40)41-21-11-8-12-22-41)36-52(49)63(53)51-26-17-25-45-44-24-15-16-27-54(44)65-58(45)51/h7-36H,1-6H3. The maximum Gasteiger partial charge on any atom is 0.333 e. The van der Waals surface area contributed by atoms with Gasteiger partial charge in [-0.1, -0.05) is 145 Å². The zero-order valence-electron chi connectivity index (χ0n) is 37.6. The number of hydrogen-bond acceptors (Lipinski definition) is 3. The summed E-state index contributed by atoms with van der Waals surface area (Å²) in [5, 5.41) is 7.34. The van der Waals surface area contributed by atoms with Crippen LogP contribution in [0.3, 0.4) is 0 Å². The summed E-state index contributed by atoms with van der Waals surface area (Å²) in [7, 11) is 0. The van der Waals surface area contributed by atoms with Crippen LogP contribution in [0.2, 0.25) is 0 Å². The molecule has 0 bridgehead atoms. The smallest absolute Gasteiger partial charge is 0.333 e. The van der Waals surface area contributed by atoms with Crippen LogP contribution in [0.15, 0.2) is 186 Å². The molecule has 11 aromatic rings. The first kappa shape index (κ1) is 38.0. The van der Waals surface area contributed by atoms with E-state index in [9.17, 15) is 0 Å². The van der Waals surface area contributed by atoms with Gasteiger partial charge in [-0.3, -0.25) is 0 Å². The molecule has 0 amide bonds. The monoisotopic (exact) mass is 837 g/mol. The van der Waals surface area contributed by atoms with Crippen molar-refractivity contribution in [1.29, 1.82) is 0 Å². The second-order valence-electron chi connectivity index (χ2n) is 20.2. The van der Waals surface area contributed by atoms with E-state index in [2.05, 4.69) is 238 Å². The van der Waals surface area contributed by atoms with Crippen LogP contribution < -0.4 is 20.7 Å². The Labute approximate surface area is 380 Å². The number of hydrogen-bond donors (Lipinski definition) is 0. The molecule has 2 aromatic heterocycles. The van der Waals surface area contributed by atoms with E-state index in [0.717, 1.165) is 50.4 Å². The molecule has 0 atom stereocenters. The van der Waals surface area contributed by atoms with E-state index in [1.807, 2.05) is 0 Å². The van der Waals surface area contributed by atoms with E-state index in [0.29, 0.717) is 0 Å². The van der Waals surface area contributed by atoms with Crippen molar-refractivity contribution in [2.45, 2.75) is 52.4 Å². The van der Waals surface area contributed by atoms with Crippen molar-refractivity contribution in [3.05, 3.63) is 193 Å². The molecule has 65 heavy (non-hydrogen) atoms. The number of benzene rings is 9. The zero-order chi connectivity index (χ0) is 43.9. The third kappa shape index (κ3) is 5.51. The van der Waals surface area contributed by atoms with Crippen LogP contribution >= 0.6 is 0 Å². The first-order chi connectivity index (χ1) is 31.5. The number of fused-ring (bicyclic) bond motifs is 12. The van der Waals surface area contributed by atoms with Gasteiger partial charge in [0.15, 0.2) is 5.58 Å². The summed E-state index contributed by atoms with van der Waals surface area (Å²) in [6.07, 6.45) is 0. The highest BCUT2D eigenvalue weighted by atomic mass is 16.3. The third-order valence-electron chi connectivity index (χ3n) is 14.2. The van der Waals surface area contributed by atoms with Crippen molar-refractivity contribution in [3.63, 3.8) is 0 Å². The van der Waals surface area contributed by atoms with Crippen LogP contribution in [0.25, 0.3) is 65.6 Å². The molecule has 2 aliphatic heterocycles. The molecular formula is C60H48BN3O. The van der Waals surface area contributed by atoms with Crippen LogP contribution in [-0.2, 0) is 10.8 Å². The number of furan rings is 1. The fourth-order valence-electron chi connectivity index (χ4n) is 11.1. The maximum absolute atomic E-state index is 6.95. The highest BCUT2D eigenvalue weighted by Gasteiger charge is 2.45. The average Bonchev–Trinajstić information content (AvgIpc) is 3.86. The van der Waals surface area contributed by atoms with Crippen molar-refractivity contribution in [1.82, 2.24) is 4.48 Å². The van der Waals surface area contributed by atoms with Crippen LogP contribution in [0, 0.1) is 0 Å². The Balaban J connectivity index is 1.20. The quantitative estimate of drug-likeness (QED) is 0.165. The summed E-state index contributed by atoms with van der Waals surface area (Å²) in [6.45, 7) is 13.9. The van der Waals surface area contributed by atoms with Crippen molar-refractivity contribution in [3.8, 4) is 11.1 Å². The van der Waals surface area contributed by atoms with Gasteiger partial charge < -0.3 is 18.7 Å². The predicted octanol–water partition coefficient (Wildman–Crippen LogP) is 15.3. The van der Waals surface area contributed by atoms with E-state index < -0.39 is 0 Å². The Hall–Kier alpha value is -7.50. The predicted molar refractivity (Wildman–Crippen MR) is 277 cm³/mol. The minimum absolute atomic E-state index is 0.00497. The molecule has 0 saturated carbocycles. The minimum Gasteiger partial charge on any atom is -0.454 e. The van der Waals surface area contributed by atoms with Gasteiger partial charge in [0.1, 0.15) is 5.58 Å². The fraction of sp³-hybridized carbons (Fsp3) is 0.133. The van der Waals surface area contributed by atoms with E-state index >= 15 is 0 Å². The normalized spacial score (nSPS) is 13.3. The van der Waals surface area contributed by atoms with Gasteiger partial charge in [0.05, 0.1) is 5.69 Å². The fourth-order valence-corrected chi connectivity index (χ4v) is 11.1. The number of rotatable bonds is 4. The van der Waals surface area contributed by atoms with E-state index in [1.54, 1.807) is 0 Å².